The van der Waals surface area contributed by atoms with E-state index in [9.17, 15) is 9.59 Å². The van der Waals surface area contributed by atoms with Crippen molar-refractivity contribution in [1.29, 1.82) is 0 Å². The summed E-state index contributed by atoms with van der Waals surface area (Å²) in [5.74, 6) is -0.339. The number of aryl methyl sites for hydroxylation is 1. The van der Waals surface area contributed by atoms with Crippen molar-refractivity contribution in [2.45, 2.75) is 20.4 Å². The van der Waals surface area contributed by atoms with Gasteiger partial charge in [0, 0.05) is 22.3 Å². The quantitative estimate of drug-likeness (QED) is 0.697. The molecule has 0 radical (unpaired) electrons. The first-order valence-corrected chi connectivity index (χ1v) is 9.42. The lowest BCUT2D eigenvalue weighted by Gasteiger charge is -2.20. The Kier molecular flexibility index (Phi) is 8.10. The molecule has 0 aromatic heterocycles. The van der Waals surface area contributed by atoms with Crippen LogP contribution in [0.25, 0.3) is 0 Å². The third-order valence-electron chi connectivity index (χ3n) is 4.03. The van der Waals surface area contributed by atoms with E-state index in [0.29, 0.717) is 28.8 Å². The Labute approximate surface area is 169 Å². The van der Waals surface area contributed by atoms with Crippen molar-refractivity contribution in [2.75, 3.05) is 25.0 Å². The Balaban J connectivity index is 1.84. The van der Waals surface area contributed by atoms with Crippen LogP contribution in [0.1, 0.15) is 18.1 Å². The molecule has 0 aliphatic heterocycles. The van der Waals surface area contributed by atoms with Crippen molar-refractivity contribution in [3.63, 3.8) is 0 Å². The van der Waals surface area contributed by atoms with E-state index in [-0.39, 0.29) is 24.9 Å². The monoisotopic (exact) mass is 407 g/mol. The van der Waals surface area contributed by atoms with Gasteiger partial charge in [-0.2, -0.15) is 0 Å². The highest BCUT2D eigenvalue weighted by Gasteiger charge is 2.14. The lowest BCUT2D eigenvalue weighted by atomic mass is 10.2. The molecular formula is C20H23Cl2N3O2. The standard InChI is InChI=1S/C20H23Cl2N3O2/c1-3-25(12-19(26)23-11-15-5-4-6-16(21)9-15)13-20(27)24-18-10-17(22)8-7-14(18)2/h4-10H,3,11-13H2,1-2H3,(H,23,26)(H,24,27). The summed E-state index contributed by atoms with van der Waals surface area (Å²) in [5.41, 5.74) is 2.53. The molecule has 2 N–H and O–H groups in total. The number of hydrogen-bond acceptors (Lipinski definition) is 3. The maximum Gasteiger partial charge on any atom is 0.238 e. The third kappa shape index (κ3) is 7.21. The van der Waals surface area contributed by atoms with Gasteiger partial charge in [0.2, 0.25) is 11.8 Å². The van der Waals surface area contributed by atoms with Crippen LogP contribution in [-0.2, 0) is 16.1 Å². The molecule has 2 amide bonds. The van der Waals surface area contributed by atoms with Crippen molar-refractivity contribution >= 4 is 40.7 Å². The normalized spacial score (nSPS) is 10.7. The van der Waals surface area contributed by atoms with Gasteiger partial charge < -0.3 is 10.6 Å². The zero-order chi connectivity index (χ0) is 19.8. The number of carbonyl (C=O) groups excluding carboxylic acids is 2. The Morgan fingerprint density at radius 3 is 2.41 bits per heavy atom. The van der Waals surface area contributed by atoms with Gasteiger partial charge in [-0.05, 0) is 48.9 Å². The van der Waals surface area contributed by atoms with Crippen molar-refractivity contribution in [3.8, 4) is 0 Å². The second-order valence-electron chi connectivity index (χ2n) is 6.22. The molecule has 5 nitrogen and oxygen atoms in total. The molecular weight excluding hydrogens is 385 g/mol. The van der Waals surface area contributed by atoms with Crippen molar-refractivity contribution < 1.29 is 9.59 Å². The summed E-state index contributed by atoms with van der Waals surface area (Å²) < 4.78 is 0. The summed E-state index contributed by atoms with van der Waals surface area (Å²) in [6.45, 7) is 5.03. The molecule has 7 heteroatoms. The van der Waals surface area contributed by atoms with Crippen LogP contribution in [0.5, 0.6) is 0 Å². The van der Waals surface area contributed by atoms with Crippen LogP contribution in [0.15, 0.2) is 42.5 Å². The van der Waals surface area contributed by atoms with Gasteiger partial charge in [0.25, 0.3) is 0 Å². The number of anilines is 1. The Morgan fingerprint density at radius 1 is 1.00 bits per heavy atom. The molecule has 0 atom stereocenters. The van der Waals surface area contributed by atoms with Gasteiger partial charge in [0.1, 0.15) is 0 Å². The minimum Gasteiger partial charge on any atom is -0.351 e. The molecule has 0 unspecified atom stereocenters. The highest BCUT2D eigenvalue weighted by molar-refractivity contribution is 6.31. The Bertz CT molecular complexity index is 812. The number of hydrogen-bond donors (Lipinski definition) is 2. The second kappa shape index (κ2) is 10.3. The number of halogens is 2. The van der Waals surface area contributed by atoms with E-state index in [2.05, 4.69) is 10.6 Å². The van der Waals surface area contributed by atoms with E-state index in [1.54, 1.807) is 29.2 Å². The lowest BCUT2D eigenvalue weighted by molar-refractivity contribution is -0.123. The van der Waals surface area contributed by atoms with Crippen molar-refractivity contribution in [1.82, 2.24) is 10.2 Å². The topological polar surface area (TPSA) is 61.4 Å². The molecule has 144 valence electrons. The Morgan fingerprint density at radius 2 is 1.70 bits per heavy atom. The van der Waals surface area contributed by atoms with Gasteiger partial charge in [0.15, 0.2) is 0 Å². The second-order valence-corrected chi connectivity index (χ2v) is 7.09. The number of rotatable bonds is 8. The molecule has 2 aromatic rings. The number of nitrogens with one attached hydrogen (secondary N) is 2. The van der Waals surface area contributed by atoms with Crippen LogP contribution in [0.2, 0.25) is 10.0 Å². The average Bonchev–Trinajstić information content (AvgIpc) is 2.62. The fourth-order valence-electron chi connectivity index (χ4n) is 2.51. The summed E-state index contributed by atoms with van der Waals surface area (Å²) in [4.78, 5) is 26.2. The zero-order valence-corrected chi connectivity index (χ0v) is 16.9. The minimum absolute atomic E-state index is 0.118. The summed E-state index contributed by atoms with van der Waals surface area (Å²) >= 11 is 11.9. The zero-order valence-electron chi connectivity index (χ0n) is 15.4. The first kappa shape index (κ1) is 21.2. The third-order valence-corrected chi connectivity index (χ3v) is 4.50. The number of amides is 2. The van der Waals surface area contributed by atoms with Crippen LogP contribution >= 0.6 is 23.2 Å². The summed E-state index contributed by atoms with van der Waals surface area (Å²) in [7, 11) is 0. The number of nitrogens with zero attached hydrogens (tertiary/aromatic N) is 1. The van der Waals surface area contributed by atoms with Gasteiger partial charge in [-0.1, -0.05) is 48.3 Å². The van der Waals surface area contributed by atoms with E-state index < -0.39 is 0 Å². The summed E-state index contributed by atoms with van der Waals surface area (Å²) in [6.07, 6.45) is 0. The molecule has 27 heavy (non-hydrogen) atoms. The van der Waals surface area contributed by atoms with E-state index in [4.69, 9.17) is 23.2 Å². The predicted molar refractivity (Wildman–Crippen MR) is 110 cm³/mol. The van der Waals surface area contributed by atoms with Crippen molar-refractivity contribution in [2.24, 2.45) is 0 Å². The van der Waals surface area contributed by atoms with E-state index in [0.717, 1.165) is 11.1 Å². The van der Waals surface area contributed by atoms with Gasteiger partial charge >= 0.3 is 0 Å². The van der Waals surface area contributed by atoms with Crippen molar-refractivity contribution in [3.05, 3.63) is 63.6 Å². The van der Waals surface area contributed by atoms with Gasteiger partial charge in [-0.15, -0.1) is 0 Å². The molecule has 0 saturated carbocycles. The highest BCUT2D eigenvalue weighted by atomic mass is 35.5. The van der Waals surface area contributed by atoms with Crippen LogP contribution in [0, 0.1) is 6.92 Å². The first-order valence-electron chi connectivity index (χ1n) is 8.67. The maximum absolute atomic E-state index is 12.3. The highest BCUT2D eigenvalue weighted by Crippen LogP contribution is 2.20. The first-order chi connectivity index (χ1) is 12.9. The maximum atomic E-state index is 12.3. The SMILES string of the molecule is CCN(CC(=O)NCc1cccc(Cl)c1)CC(=O)Nc1cc(Cl)ccc1C. The number of carbonyl (C=O) groups is 2. The number of benzene rings is 2. The molecule has 0 aliphatic carbocycles. The molecule has 2 aromatic carbocycles. The predicted octanol–water partition coefficient (Wildman–Crippen LogP) is 3.88. The van der Waals surface area contributed by atoms with Gasteiger partial charge in [0.05, 0.1) is 13.1 Å². The fraction of sp³-hybridized carbons (Fsp3) is 0.300. The van der Waals surface area contributed by atoms with Gasteiger partial charge in [-0.25, -0.2) is 0 Å². The average molecular weight is 408 g/mol. The summed E-state index contributed by atoms with van der Waals surface area (Å²) in [5, 5.41) is 6.87. The molecule has 0 fully saturated rings. The minimum atomic E-state index is -0.190. The van der Waals surface area contributed by atoms with Crippen LogP contribution in [0.4, 0.5) is 5.69 Å². The smallest absolute Gasteiger partial charge is 0.238 e. The van der Waals surface area contributed by atoms with E-state index >= 15 is 0 Å². The fourth-order valence-corrected chi connectivity index (χ4v) is 2.89. The lowest BCUT2D eigenvalue weighted by Crippen LogP contribution is -2.40. The van der Waals surface area contributed by atoms with Crippen LogP contribution in [-0.4, -0.2) is 36.3 Å². The summed E-state index contributed by atoms with van der Waals surface area (Å²) in [6, 6.07) is 12.7. The number of likely N-dealkylation sites (N-methyl/N-ethyl adjacent to an activating group) is 1. The van der Waals surface area contributed by atoms with Gasteiger partial charge in [-0.3, -0.25) is 14.5 Å². The van der Waals surface area contributed by atoms with Crippen LogP contribution < -0.4 is 10.6 Å². The Hall–Kier alpha value is -2.08. The molecule has 0 aliphatic rings. The molecule has 0 saturated heterocycles. The molecule has 0 heterocycles. The van der Waals surface area contributed by atoms with Crippen LogP contribution in [0.3, 0.4) is 0 Å². The van der Waals surface area contributed by atoms with E-state index in [1.165, 1.54) is 0 Å². The molecule has 2 rings (SSSR count). The molecule has 0 bridgehead atoms. The molecule has 0 spiro atoms. The van der Waals surface area contributed by atoms with E-state index in [1.807, 2.05) is 32.0 Å². The largest absolute Gasteiger partial charge is 0.351 e.